The van der Waals surface area contributed by atoms with Gasteiger partial charge < -0.3 is 5.32 Å². The van der Waals surface area contributed by atoms with Gasteiger partial charge >= 0.3 is 0 Å². The molecular weight excluding hydrogens is 401 g/mol. The van der Waals surface area contributed by atoms with Gasteiger partial charge in [0.15, 0.2) is 11.6 Å². The molecule has 0 bridgehead atoms. The van der Waals surface area contributed by atoms with E-state index in [1.165, 1.54) is 0 Å². The second kappa shape index (κ2) is 10.2. The minimum Gasteiger partial charge on any atom is -0.350 e. The van der Waals surface area contributed by atoms with E-state index in [0.29, 0.717) is 17.4 Å². The van der Waals surface area contributed by atoms with E-state index in [1.807, 2.05) is 0 Å². The lowest BCUT2D eigenvalue weighted by atomic mass is 9.92. The van der Waals surface area contributed by atoms with Crippen molar-refractivity contribution in [3.05, 3.63) is 23.0 Å². The van der Waals surface area contributed by atoms with Crippen molar-refractivity contribution in [1.29, 1.82) is 0 Å². The Morgan fingerprint density at radius 3 is 2.43 bits per heavy atom. The summed E-state index contributed by atoms with van der Waals surface area (Å²) in [5, 5.41) is 12.5. The smallest absolute Gasteiger partial charge is 0.297 e. The summed E-state index contributed by atoms with van der Waals surface area (Å²) in [6.07, 6.45) is 3.95. The molecule has 0 spiro atoms. The fourth-order valence-electron chi connectivity index (χ4n) is 4.01. The molecule has 0 saturated heterocycles. The quantitative estimate of drug-likeness (QED) is 0.321. The van der Waals surface area contributed by atoms with Gasteiger partial charge in [0.2, 0.25) is 12.3 Å². The van der Waals surface area contributed by atoms with Crippen LogP contribution in [0.25, 0.3) is 0 Å². The van der Waals surface area contributed by atoms with Crippen molar-refractivity contribution in [2.75, 3.05) is 6.54 Å². The number of hydrogen-bond donors (Lipinski definition) is 2. The maximum atomic E-state index is 14.7. The highest BCUT2D eigenvalue weighted by Gasteiger charge is 2.29. The van der Waals surface area contributed by atoms with Crippen molar-refractivity contribution in [2.24, 2.45) is 17.8 Å². The van der Waals surface area contributed by atoms with Crippen LogP contribution in [0.15, 0.2) is 0 Å². The second-order valence-electron chi connectivity index (χ2n) is 8.27. The molecule has 0 unspecified atom stereocenters. The van der Waals surface area contributed by atoms with Crippen molar-refractivity contribution in [2.45, 2.75) is 64.3 Å². The van der Waals surface area contributed by atoms with Crippen LogP contribution in [0.4, 0.5) is 13.2 Å². The predicted octanol–water partition coefficient (Wildman–Crippen LogP) is 3.17. The van der Waals surface area contributed by atoms with Crippen molar-refractivity contribution in [3.8, 4) is 0 Å². The van der Waals surface area contributed by atoms with Gasteiger partial charge in [-0.1, -0.05) is 25.7 Å². The molecular formula is C20H27F3N4O3. The van der Waals surface area contributed by atoms with Gasteiger partial charge in [-0.25, -0.2) is 28.2 Å². The van der Waals surface area contributed by atoms with Crippen LogP contribution in [0.3, 0.4) is 0 Å². The van der Waals surface area contributed by atoms with Crippen LogP contribution in [0.5, 0.6) is 0 Å². The van der Waals surface area contributed by atoms with Crippen LogP contribution in [0.2, 0.25) is 0 Å². The lowest BCUT2D eigenvalue weighted by molar-refractivity contribution is -0.155. The van der Waals surface area contributed by atoms with Crippen molar-refractivity contribution < 1.29 is 28.0 Å². The lowest BCUT2D eigenvalue weighted by Crippen LogP contribution is -2.38. The summed E-state index contributed by atoms with van der Waals surface area (Å²) in [6.45, 7) is -0.550. The Bertz CT molecular complexity index is 755. The molecule has 3 rings (SSSR count). The highest BCUT2D eigenvalue weighted by atomic mass is 19.3. The number of hydroxylamine groups is 2. The molecule has 2 aliphatic rings. The third-order valence-corrected chi connectivity index (χ3v) is 5.80. The van der Waals surface area contributed by atoms with Crippen LogP contribution >= 0.6 is 0 Å². The van der Waals surface area contributed by atoms with E-state index in [0.717, 1.165) is 38.5 Å². The van der Waals surface area contributed by atoms with E-state index < -0.39 is 29.9 Å². The first kappa shape index (κ1) is 22.5. The SMILES string of the molecule is O=CN(O)C[C@@H](CC1CCCC1)C(=O)NCc1nc(C(F)F)nc(CC2CC2)c1F. The lowest BCUT2D eigenvalue weighted by Gasteiger charge is -2.22. The Kier molecular flexibility index (Phi) is 7.63. The van der Waals surface area contributed by atoms with Crippen LogP contribution in [0.1, 0.15) is 68.6 Å². The molecule has 0 aromatic carbocycles. The summed E-state index contributed by atoms with van der Waals surface area (Å²) in [5.41, 5.74) is -0.322. The standard InChI is InChI=1S/C20H27F3N4O3/c21-17-15(8-13-5-6-13)25-19(18(22)23)26-16(17)9-24-20(29)14(10-27(30)11-28)7-12-3-1-2-4-12/h11-14,18,30H,1-10H2,(H,24,29)/t14-/m1/s1. The van der Waals surface area contributed by atoms with Gasteiger partial charge in [-0.2, -0.15) is 0 Å². The third kappa shape index (κ3) is 6.13. The number of amides is 2. The van der Waals surface area contributed by atoms with Gasteiger partial charge in [0.1, 0.15) is 0 Å². The average Bonchev–Trinajstić information content (AvgIpc) is 3.39. The first-order valence-electron chi connectivity index (χ1n) is 10.4. The largest absolute Gasteiger partial charge is 0.350 e. The van der Waals surface area contributed by atoms with Gasteiger partial charge in [-0.05, 0) is 37.5 Å². The van der Waals surface area contributed by atoms with E-state index in [2.05, 4.69) is 15.3 Å². The van der Waals surface area contributed by atoms with E-state index >= 15 is 0 Å². The Balaban J connectivity index is 1.69. The highest BCUT2D eigenvalue weighted by Crippen LogP contribution is 2.33. The van der Waals surface area contributed by atoms with Gasteiger partial charge in [-0.3, -0.25) is 14.8 Å². The van der Waals surface area contributed by atoms with Gasteiger partial charge in [0.25, 0.3) is 6.43 Å². The average molecular weight is 428 g/mol. The molecule has 2 amide bonds. The molecule has 10 heteroatoms. The number of aromatic nitrogens is 2. The van der Waals surface area contributed by atoms with Crippen molar-refractivity contribution in [1.82, 2.24) is 20.3 Å². The number of carbonyl (C=O) groups is 2. The molecule has 7 nitrogen and oxygen atoms in total. The van der Waals surface area contributed by atoms with Crippen LogP contribution in [-0.4, -0.2) is 39.1 Å². The molecule has 1 atom stereocenters. The number of hydrogen-bond acceptors (Lipinski definition) is 5. The first-order valence-corrected chi connectivity index (χ1v) is 10.4. The third-order valence-electron chi connectivity index (χ3n) is 5.80. The molecule has 1 aromatic rings. The number of carbonyl (C=O) groups excluding carboxylic acids is 2. The molecule has 166 valence electrons. The zero-order valence-electron chi connectivity index (χ0n) is 16.7. The molecule has 30 heavy (non-hydrogen) atoms. The Morgan fingerprint density at radius 2 is 1.83 bits per heavy atom. The summed E-state index contributed by atoms with van der Waals surface area (Å²) in [6, 6.07) is 0. The Labute approximate surface area is 173 Å². The van der Waals surface area contributed by atoms with E-state index in [4.69, 9.17) is 0 Å². The first-order chi connectivity index (χ1) is 14.4. The minimum absolute atomic E-state index is 0.0444. The number of nitrogens with zero attached hydrogens (tertiary/aromatic N) is 3. The zero-order valence-corrected chi connectivity index (χ0v) is 16.7. The maximum Gasteiger partial charge on any atom is 0.297 e. The summed E-state index contributed by atoms with van der Waals surface area (Å²) in [4.78, 5) is 30.7. The molecule has 1 aromatic heterocycles. The van der Waals surface area contributed by atoms with Crippen LogP contribution in [-0.2, 0) is 22.6 Å². The molecule has 0 radical (unpaired) electrons. The predicted molar refractivity (Wildman–Crippen MR) is 99.8 cm³/mol. The fourth-order valence-corrected chi connectivity index (χ4v) is 4.01. The number of rotatable bonds is 11. The minimum atomic E-state index is -2.94. The Morgan fingerprint density at radius 1 is 1.17 bits per heavy atom. The molecule has 2 fully saturated rings. The van der Waals surface area contributed by atoms with Crippen molar-refractivity contribution in [3.63, 3.8) is 0 Å². The summed E-state index contributed by atoms with van der Waals surface area (Å²) < 4.78 is 41.0. The van der Waals surface area contributed by atoms with Crippen LogP contribution in [0, 0.1) is 23.6 Å². The van der Waals surface area contributed by atoms with Gasteiger partial charge in [0.05, 0.1) is 30.4 Å². The van der Waals surface area contributed by atoms with Gasteiger partial charge in [0, 0.05) is 0 Å². The molecule has 0 aliphatic heterocycles. The van der Waals surface area contributed by atoms with E-state index in [9.17, 15) is 28.0 Å². The maximum absolute atomic E-state index is 14.7. The molecule has 2 aliphatic carbocycles. The van der Waals surface area contributed by atoms with Gasteiger partial charge in [-0.15, -0.1) is 0 Å². The highest BCUT2D eigenvalue weighted by molar-refractivity contribution is 5.79. The molecule has 2 N–H and O–H groups in total. The summed E-state index contributed by atoms with van der Waals surface area (Å²) in [5.74, 6) is -2.13. The fraction of sp³-hybridized carbons (Fsp3) is 0.700. The monoisotopic (exact) mass is 428 g/mol. The van der Waals surface area contributed by atoms with E-state index in [1.54, 1.807) is 0 Å². The zero-order chi connectivity index (χ0) is 21.7. The topological polar surface area (TPSA) is 95.4 Å². The van der Waals surface area contributed by atoms with Crippen molar-refractivity contribution >= 4 is 12.3 Å². The summed E-state index contributed by atoms with van der Waals surface area (Å²) in [7, 11) is 0. The number of nitrogens with one attached hydrogen (secondary N) is 1. The second-order valence-corrected chi connectivity index (χ2v) is 8.27. The number of halogens is 3. The normalized spacial score (nSPS) is 17.9. The number of alkyl halides is 2. The Hall–Kier alpha value is -2.23. The summed E-state index contributed by atoms with van der Waals surface area (Å²) >= 11 is 0. The van der Waals surface area contributed by atoms with Crippen LogP contribution < -0.4 is 5.32 Å². The molecule has 2 saturated carbocycles. The molecule has 1 heterocycles. The van der Waals surface area contributed by atoms with E-state index in [-0.39, 0.29) is 43.2 Å².